The second-order valence-electron chi connectivity index (χ2n) is 6.52. The summed E-state index contributed by atoms with van der Waals surface area (Å²) in [5, 5.41) is 0. The standard InChI is InChI=1S/C18H29N3/c19-12-9-17-8-4-5-13-21(17)18-10-14-20(15-11-18)16-6-2-1-3-7-16/h1-3,6-7,17-18H,4-5,8-15,19H2. The molecule has 2 heterocycles. The minimum Gasteiger partial charge on any atom is -0.371 e. The Morgan fingerprint density at radius 3 is 2.43 bits per heavy atom. The van der Waals surface area contributed by atoms with Crippen molar-refractivity contribution in [1.29, 1.82) is 0 Å². The first-order chi connectivity index (χ1) is 10.4. The van der Waals surface area contributed by atoms with Gasteiger partial charge in [0.2, 0.25) is 0 Å². The lowest BCUT2D eigenvalue weighted by Crippen LogP contribution is -2.51. The molecule has 1 atom stereocenters. The summed E-state index contributed by atoms with van der Waals surface area (Å²) >= 11 is 0. The first-order valence-corrected chi connectivity index (χ1v) is 8.64. The molecule has 0 radical (unpaired) electrons. The van der Waals surface area contributed by atoms with Crippen molar-refractivity contribution in [2.75, 3.05) is 31.1 Å². The first kappa shape index (κ1) is 14.9. The van der Waals surface area contributed by atoms with E-state index in [4.69, 9.17) is 5.73 Å². The highest BCUT2D eigenvalue weighted by Crippen LogP contribution is 2.28. The van der Waals surface area contributed by atoms with E-state index in [-0.39, 0.29) is 0 Å². The number of benzene rings is 1. The molecule has 116 valence electrons. The van der Waals surface area contributed by atoms with Crippen LogP contribution in [0.1, 0.15) is 38.5 Å². The highest BCUT2D eigenvalue weighted by atomic mass is 15.2. The van der Waals surface area contributed by atoms with Crippen LogP contribution in [0.15, 0.2) is 30.3 Å². The third kappa shape index (κ3) is 3.58. The molecule has 1 aromatic carbocycles. The molecule has 2 saturated heterocycles. The topological polar surface area (TPSA) is 32.5 Å². The summed E-state index contributed by atoms with van der Waals surface area (Å²) in [5.74, 6) is 0. The van der Waals surface area contributed by atoms with Crippen molar-refractivity contribution in [3.05, 3.63) is 30.3 Å². The molecule has 3 heteroatoms. The second kappa shape index (κ2) is 7.28. The molecule has 1 unspecified atom stereocenters. The largest absolute Gasteiger partial charge is 0.371 e. The van der Waals surface area contributed by atoms with E-state index in [1.165, 1.54) is 63.8 Å². The Kier molecular flexibility index (Phi) is 5.15. The van der Waals surface area contributed by atoms with Crippen molar-refractivity contribution in [3.63, 3.8) is 0 Å². The molecule has 21 heavy (non-hydrogen) atoms. The molecule has 2 fully saturated rings. The number of hydrogen-bond acceptors (Lipinski definition) is 3. The van der Waals surface area contributed by atoms with Crippen molar-refractivity contribution < 1.29 is 0 Å². The van der Waals surface area contributed by atoms with E-state index in [9.17, 15) is 0 Å². The van der Waals surface area contributed by atoms with Gasteiger partial charge in [0, 0.05) is 30.9 Å². The number of nitrogens with two attached hydrogens (primary N) is 1. The average Bonchev–Trinajstić information content (AvgIpc) is 2.57. The molecule has 2 aliphatic rings. The van der Waals surface area contributed by atoms with Gasteiger partial charge in [-0.15, -0.1) is 0 Å². The van der Waals surface area contributed by atoms with Crippen LogP contribution in [-0.2, 0) is 0 Å². The lowest BCUT2D eigenvalue weighted by Gasteiger charge is -2.45. The van der Waals surface area contributed by atoms with Crippen LogP contribution in [0, 0.1) is 0 Å². The maximum absolute atomic E-state index is 5.81. The summed E-state index contributed by atoms with van der Waals surface area (Å²) < 4.78 is 0. The van der Waals surface area contributed by atoms with Gasteiger partial charge >= 0.3 is 0 Å². The van der Waals surface area contributed by atoms with Gasteiger partial charge in [-0.25, -0.2) is 0 Å². The summed E-state index contributed by atoms with van der Waals surface area (Å²) in [6.45, 7) is 4.52. The van der Waals surface area contributed by atoms with E-state index in [0.29, 0.717) is 0 Å². The highest BCUT2D eigenvalue weighted by molar-refractivity contribution is 5.46. The van der Waals surface area contributed by atoms with Crippen LogP contribution in [0.3, 0.4) is 0 Å². The molecule has 0 aromatic heterocycles. The van der Waals surface area contributed by atoms with Gasteiger partial charge in [-0.3, -0.25) is 4.90 Å². The zero-order valence-corrected chi connectivity index (χ0v) is 13.1. The van der Waals surface area contributed by atoms with E-state index in [1.807, 2.05) is 0 Å². The van der Waals surface area contributed by atoms with Crippen molar-refractivity contribution in [2.24, 2.45) is 5.73 Å². The zero-order chi connectivity index (χ0) is 14.5. The van der Waals surface area contributed by atoms with Gasteiger partial charge in [0.1, 0.15) is 0 Å². The fourth-order valence-corrected chi connectivity index (χ4v) is 4.10. The van der Waals surface area contributed by atoms with Gasteiger partial charge in [-0.1, -0.05) is 24.6 Å². The van der Waals surface area contributed by atoms with Gasteiger partial charge in [-0.2, -0.15) is 0 Å². The molecule has 0 bridgehead atoms. The predicted octanol–water partition coefficient (Wildman–Crippen LogP) is 2.86. The van der Waals surface area contributed by atoms with Crippen LogP contribution >= 0.6 is 0 Å². The fraction of sp³-hybridized carbons (Fsp3) is 0.667. The maximum atomic E-state index is 5.81. The van der Waals surface area contributed by atoms with Crippen LogP contribution in [0.4, 0.5) is 5.69 Å². The minimum absolute atomic E-state index is 0.747. The number of piperidine rings is 2. The monoisotopic (exact) mass is 287 g/mol. The molecule has 2 aliphatic heterocycles. The number of rotatable bonds is 4. The number of para-hydroxylation sites is 1. The molecule has 0 spiro atoms. The van der Waals surface area contributed by atoms with Crippen LogP contribution in [-0.4, -0.2) is 43.2 Å². The smallest absolute Gasteiger partial charge is 0.0366 e. The Hall–Kier alpha value is -1.06. The molecule has 1 aromatic rings. The Balaban J connectivity index is 1.57. The SMILES string of the molecule is NCCC1CCCCN1C1CCN(c2ccccc2)CC1. The van der Waals surface area contributed by atoms with Gasteiger partial charge in [0.15, 0.2) is 0 Å². The normalized spacial score (nSPS) is 25.2. The van der Waals surface area contributed by atoms with Crippen LogP contribution < -0.4 is 10.6 Å². The molecular weight excluding hydrogens is 258 g/mol. The third-order valence-electron chi connectivity index (χ3n) is 5.23. The van der Waals surface area contributed by atoms with E-state index < -0.39 is 0 Å². The average molecular weight is 287 g/mol. The molecule has 3 rings (SSSR count). The summed E-state index contributed by atoms with van der Waals surface area (Å²) in [7, 11) is 0. The lowest BCUT2D eigenvalue weighted by molar-refractivity contribution is 0.0762. The van der Waals surface area contributed by atoms with Gasteiger partial charge in [0.25, 0.3) is 0 Å². The van der Waals surface area contributed by atoms with Crippen molar-refractivity contribution in [3.8, 4) is 0 Å². The maximum Gasteiger partial charge on any atom is 0.0366 e. The molecular formula is C18H29N3. The van der Waals surface area contributed by atoms with E-state index >= 15 is 0 Å². The van der Waals surface area contributed by atoms with Crippen molar-refractivity contribution >= 4 is 5.69 Å². The van der Waals surface area contributed by atoms with E-state index in [2.05, 4.69) is 40.1 Å². The zero-order valence-electron chi connectivity index (χ0n) is 13.1. The van der Waals surface area contributed by atoms with Crippen LogP contribution in [0.5, 0.6) is 0 Å². The van der Waals surface area contributed by atoms with Gasteiger partial charge in [0.05, 0.1) is 0 Å². The van der Waals surface area contributed by atoms with Gasteiger partial charge in [-0.05, 0) is 57.3 Å². The second-order valence-corrected chi connectivity index (χ2v) is 6.52. The Morgan fingerprint density at radius 1 is 0.952 bits per heavy atom. The summed E-state index contributed by atoms with van der Waals surface area (Å²) in [5.41, 5.74) is 7.20. The minimum atomic E-state index is 0.747. The highest BCUT2D eigenvalue weighted by Gasteiger charge is 2.30. The molecule has 2 N–H and O–H groups in total. The fourth-order valence-electron chi connectivity index (χ4n) is 4.10. The Labute approximate surface area is 129 Å². The third-order valence-corrected chi connectivity index (χ3v) is 5.23. The summed E-state index contributed by atoms with van der Waals surface area (Å²) in [4.78, 5) is 5.33. The summed E-state index contributed by atoms with van der Waals surface area (Å²) in [6.07, 6.45) is 7.91. The number of hydrogen-bond donors (Lipinski definition) is 1. The quantitative estimate of drug-likeness (QED) is 0.924. The van der Waals surface area contributed by atoms with E-state index in [0.717, 1.165) is 18.6 Å². The van der Waals surface area contributed by atoms with E-state index in [1.54, 1.807) is 0 Å². The number of nitrogens with zero attached hydrogens (tertiary/aromatic N) is 2. The van der Waals surface area contributed by atoms with Crippen LogP contribution in [0.2, 0.25) is 0 Å². The van der Waals surface area contributed by atoms with Crippen LogP contribution in [0.25, 0.3) is 0 Å². The lowest BCUT2D eigenvalue weighted by atomic mass is 9.93. The Bertz CT molecular complexity index is 410. The molecule has 0 saturated carbocycles. The molecule has 0 amide bonds. The van der Waals surface area contributed by atoms with Crippen molar-refractivity contribution in [1.82, 2.24) is 4.90 Å². The van der Waals surface area contributed by atoms with Crippen molar-refractivity contribution in [2.45, 2.75) is 50.6 Å². The molecule has 3 nitrogen and oxygen atoms in total. The summed E-state index contributed by atoms with van der Waals surface area (Å²) in [6, 6.07) is 12.4. The number of anilines is 1. The predicted molar refractivity (Wildman–Crippen MR) is 89.7 cm³/mol. The molecule has 0 aliphatic carbocycles. The van der Waals surface area contributed by atoms with Gasteiger partial charge < -0.3 is 10.6 Å². The Morgan fingerprint density at radius 2 is 1.71 bits per heavy atom. The number of likely N-dealkylation sites (tertiary alicyclic amines) is 1. The first-order valence-electron chi connectivity index (χ1n) is 8.64.